The maximum atomic E-state index is 11.9. The molecule has 3 N–H and O–H groups in total. The lowest BCUT2D eigenvalue weighted by atomic mass is 10.2. The van der Waals surface area contributed by atoms with E-state index >= 15 is 0 Å². The summed E-state index contributed by atoms with van der Waals surface area (Å²) in [7, 11) is 1.37. The summed E-state index contributed by atoms with van der Waals surface area (Å²) in [6, 6.07) is -0.740. The van der Waals surface area contributed by atoms with Crippen LogP contribution in [0.3, 0.4) is 0 Å². The van der Waals surface area contributed by atoms with E-state index in [9.17, 15) is 13.2 Å². The number of nitrogens with two attached hydrogens (primary N) is 1. The molecule has 0 radical (unpaired) electrons. The first-order valence-electron chi connectivity index (χ1n) is 4.93. The summed E-state index contributed by atoms with van der Waals surface area (Å²) in [5.74, 6) is 5.42. The van der Waals surface area contributed by atoms with E-state index < -0.39 is 18.8 Å². The highest BCUT2D eigenvalue weighted by Gasteiger charge is 2.28. The lowest BCUT2D eigenvalue weighted by molar-refractivity contribution is -0.175. The van der Waals surface area contributed by atoms with Crippen LogP contribution in [0.15, 0.2) is 12.4 Å². The molecule has 1 aromatic heterocycles. The molecule has 6 nitrogen and oxygen atoms in total. The molecule has 9 heteroatoms. The molecule has 0 bridgehead atoms. The Labute approximate surface area is 101 Å². The van der Waals surface area contributed by atoms with Gasteiger partial charge in [-0.1, -0.05) is 0 Å². The van der Waals surface area contributed by atoms with Gasteiger partial charge in [-0.25, -0.2) is 10.4 Å². The van der Waals surface area contributed by atoms with Crippen LogP contribution in [0, 0.1) is 0 Å². The summed E-state index contributed by atoms with van der Waals surface area (Å²) >= 11 is 0. The van der Waals surface area contributed by atoms with Gasteiger partial charge in [0.15, 0.2) is 0 Å². The Morgan fingerprint density at radius 1 is 1.39 bits per heavy atom. The fourth-order valence-corrected chi connectivity index (χ4v) is 1.23. The van der Waals surface area contributed by atoms with Crippen molar-refractivity contribution in [2.45, 2.75) is 12.2 Å². The maximum absolute atomic E-state index is 11.9. The summed E-state index contributed by atoms with van der Waals surface area (Å²) in [4.78, 5) is 7.81. The molecule has 1 heterocycles. The van der Waals surface area contributed by atoms with Crippen molar-refractivity contribution in [1.29, 1.82) is 0 Å². The van der Waals surface area contributed by atoms with Crippen molar-refractivity contribution in [3.05, 3.63) is 18.1 Å². The normalized spacial score (nSPS) is 13.4. The van der Waals surface area contributed by atoms with Crippen molar-refractivity contribution >= 4 is 0 Å². The van der Waals surface area contributed by atoms with Crippen LogP contribution in [0.25, 0.3) is 0 Å². The maximum Gasteiger partial charge on any atom is 0.411 e. The zero-order chi connectivity index (χ0) is 13.6. The highest BCUT2D eigenvalue weighted by Crippen LogP contribution is 2.20. The van der Waals surface area contributed by atoms with E-state index in [-0.39, 0.29) is 18.2 Å². The number of halogens is 3. The number of nitrogens with zero attached hydrogens (tertiary/aromatic N) is 2. The molecule has 1 rings (SSSR count). The molecule has 1 atom stereocenters. The third-order valence-electron chi connectivity index (χ3n) is 1.97. The van der Waals surface area contributed by atoms with Gasteiger partial charge in [-0.05, 0) is 0 Å². The molecule has 0 aromatic carbocycles. The average molecular weight is 266 g/mol. The smallest absolute Gasteiger partial charge is 0.411 e. The highest BCUT2D eigenvalue weighted by molar-refractivity contribution is 5.21. The number of methoxy groups -OCH3 is 1. The molecule has 0 aliphatic rings. The van der Waals surface area contributed by atoms with Gasteiger partial charge < -0.3 is 9.47 Å². The van der Waals surface area contributed by atoms with Crippen LogP contribution in [-0.2, 0) is 4.74 Å². The molecule has 18 heavy (non-hydrogen) atoms. The Hall–Kier alpha value is -1.45. The average Bonchev–Trinajstić information content (AvgIpc) is 2.33. The molecule has 0 aliphatic heterocycles. The Morgan fingerprint density at radius 3 is 2.61 bits per heavy atom. The second kappa shape index (κ2) is 6.47. The van der Waals surface area contributed by atoms with Gasteiger partial charge in [0.2, 0.25) is 5.88 Å². The third-order valence-corrected chi connectivity index (χ3v) is 1.97. The lowest BCUT2D eigenvalue weighted by Gasteiger charge is -2.17. The predicted octanol–water partition coefficient (Wildman–Crippen LogP) is 0.569. The number of nitrogens with one attached hydrogen (secondary N) is 1. The Kier molecular flexibility index (Phi) is 5.25. The first-order chi connectivity index (χ1) is 8.48. The molecule has 0 amide bonds. The van der Waals surface area contributed by atoms with Gasteiger partial charge in [0.25, 0.3) is 0 Å². The standard InChI is InChI=1S/C9H13F3N4O2/c1-17-8-7(14-2-3-15-8)6(16-13)4-18-5-9(10,11)12/h2-3,6,16H,4-5,13H2,1H3. The van der Waals surface area contributed by atoms with Crippen LogP contribution in [0.1, 0.15) is 11.7 Å². The number of hydrogen-bond acceptors (Lipinski definition) is 6. The van der Waals surface area contributed by atoms with E-state index in [2.05, 4.69) is 20.1 Å². The number of aromatic nitrogens is 2. The molecule has 0 spiro atoms. The van der Waals surface area contributed by atoms with E-state index in [1.807, 2.05) is 0 Å². The quantitative estimate of drug-likeness (QED) is 0.578. The van der Waals surface area contributed by atoms with Gasteiger partial charge in [0.05, 0.1) is 19.8 Å². The zero-order valence-corrected chi connectivity index (χ0v) is 9.57. The molecule has 0 aliphatic carbocycles. The summed E-state index contributed by atoms with van der Waals surface area (Å²) in [5, 5.41) is 0. The lowest BCUT2D eigenvalue weighted by Crippen LogP contribution is -2.33. The first kappa shape index (κ1) is 14.6. The second-order valence-corrected chi connectivity index (χ2v) is 3.30. The number of hydrazine groups is 1. The van der Waals surface area contributed by atoms with Crippen molar-refractivity contribution in [3.63, 3.8) is 0 Å². The van der Waals surface area contributed by atoms with Crippen LogP contribution < -0.4 is 16.0 Å². The van der Waals surface area contributed by atoms with Gasteiger partial charge in [0, 0.05) is 12.4 Å². The van der Waals surface area contributed by atoms with E-state index in [1.165, 1.54) is 19.5 Å². The molecule has 0 fully saturated rings. The van der Waals surface area contributed by atoms with Crippen LogP contribution in [0.5, 0.6) is 5.88 Å². The SMILES string of the molecule is COc1nccnc1C(COCC(F)(F)F)NN. The number of rotatable bonds is 6. The molecule has 1 aromatic rings. The summed E-state index contributed by atoms with van der Waals surface area (Å²) in [5.41, 5.74) is 2.59. The monoisotopic (exact) mass is 266 g/mol. The molecular formula is C9H13F3N4O2. The van der Waals surface area contributed by atoms with Crippen LogP contribution in [0.4, 0.5) is 13.2 Å². The number of hydrogen-bond donors (Lipinski definition) is 2. The van der Waals surface area contributed by atoms with Gasteiger partial charge in [-0.3, -0.25) is 10.8 Å². The highest BCUT2D eigenvalue weighted by atomic mass is 19.4. The fourth-order valence-electron chi connectivity index (χ4n) is 1.23. The predicted molar refractivity (Wildman–Crippen MR) is 55.5 cm³/mol. The van der Waals surface area contributed by atoms with Gasteiger partial charge in [-0.15, -0.1) is 0 Å². The molecule has 0 saturated carbocycles. The zero-order valence-electron chi connectivity index (χ0n) is 9.57. The van der Waals surface area contributed by atoms with E-state index in [4.69, 9.17) is 10.6 Å². The van der Waals surface area contributed by atoms with Crippen LogP contribution in [0.2, 0.25) is 0 Å². The summed E-state index contributed by atoms with van der Waals surface area (Å²) in [6.07, 6.45) is -1.61. The van der Waals surface area contributed by atoms with Gasteiger partial charge in [0.1, 0.15) is 12.3 Å². The Balaban J connectivity index is 2.65. The fraction of sp³-hybridized carbons (Fsp3) is 0.556. The minimum absolute atomic E-state index is 0.177. The topological polar surface area (TPSA) is 82.3 Å². The molecular weight excluding hydrogens is 253 g/mol. The number of alkyl halides is 3. The van der Waals surface area contributed by atoms with E-state index in [0.717, 1.165) is 0 Å². The largest absolute Gasteiger partial charge is 0.480 e. The van der Waals surface area contributed by atoms with Crippen molar-refractivity contribution in [3.8, 4) is 5.88 Å². The summed E-state index contributed by atoms with van der Waals surface area (Å²) in [6.45, 7) is -1.65. The van der Waals surface area contributed by atoms with Crippen molar-refractivity contribution in [2.24, 2.45) is 5.84 Å². The molecule has 1 unspecified atom stereocenters. The number of ether oxygens (including phenoxy) is 2. The van der Waals surface area contributed by atoms with Gasteiger partial charge in [-0.2, -0.15) is 13.2 Å². The van der Waals surface area contributed by atoms with Gasteiger partial charge >= 0.3 is 6.18 Å². The summed E-state index contributed by atoms with van der Waals surface area (Å²) < 4.78 is 45.2. The molecule has 0 saturated heterocycles. The Bertz CT molecular complexity index is 375. The molecule has 102 valence electrons. The van der Waals surface area contributed by atoms with Crippen LogP contribution in [-0.4, -0.2) is 36.5 Å². The Morgan fingerprint density at radius 2 is 2.06 bits per heavy atom. The third kappa shape index (κ3) is 4.43. The first-order valence-corrected chi connectivity index (χ1v) is 4.93. The minimum Gasteiger partial charge on any atom is -0.480 e. The van der Waals surface area contributed by atoms with Crippen molar-refractivity contribution < 1.29 is 22.6 Å². The van der Waals surface area contributed by atoms with Crippen molar-refractivity contribution in [1.82, 2.24) is 15.4 Å². The van der Waals surface area contributed by atoms with E-state index in [0.29, 0.717) is 0 Å². The van der Waals surface area contributed by atoms with E-state index in [1.54, 1.807) is 0 Å². The van der Waals surface area contributed by atoms with Crippen LogP contribution >= 0.6 is 0 Å². The van der Waals surface area contributed by atoms with Crippen molar-refractivity contribution in [2.75, 3.05) is 20.3 Å². The minimum atomic E-state index is -4.38. The second-order valence-electron chi connectivity index (χ2n) is 3.30.